The lowest BCUT2D eigenvalue weighted by Gasteiger charge is -2.20. The smallest absolute Gasteiger partial charge is 0.407 e. The quantitative estimate of drug-likeness (QED) is 0.562. The zero-order chi connectivity index (χ0) is 24.4. The van der Waals surface area contributed by atoms with Gasteiger partial charge in [0.1, 0.15) is 12.7 Å². The summed E-state index contributed by atoms with van der Waals surface area (Å²) >= 11 is 0. The molecular formula is C27H30N2O6. The summed E-state index contributed by atoms with van der Waals surface area (Å²) in [5.41, 5.74) is 4.66. The van der Waals surface area contributed by atoms with Gasteiger partial charge in [0.05, 0.1) is 12.0 Å². The van der Waals surface area contributed by atoms with E-state index in [9.17, 15) is 19.5 Å². The number of carbonyl (C=O) groups is 3. The van der Waals surface area contributed by atoms with E-state index in [1.54, 1.807) is 0 Å². The summed E-state index contributed by atoms with van der Waals surface area (Å²) < 4.78 is 11.4. The number of benzene rings is 2. The second kappa shape index (κ2) is 10.1. The number of amides is 2. The minimum absolute atomic E-state index is 0.00540. The molecule has 4 atom stereocenters. The van der Waals surface area contributed by atoms with Gasteiger partial charge in [-0.25, -0.2) is 4.79 Å². The third-order valence-electron chi connectivity index (χ3n) is 7.38. The van der Waals surface area contributed by atoms with Crippen LogP contribution in [0.15, 0.2) is 48.5 Å². The van der Waals surface area contributed by atoms with E-state index in [1.807, 2.05) is 24.3 Å². The summed E-state index contributed by atoms with van der Waals surface area (Å²) in [7, 11) is 0. The van der Waals surface area contributed by atoms with Gasteiger partial charge in [-0.3, -0.25) is 9.59 Å². The Morgan fingerprint density at radius 3 is 2.31 bits per heavy atom. The van der Waals surface area contributed by atoms with Gasteiger partial charge >= 0.3 is 12.1 Å². The molecule has 35 heavy (non-hydrogen) atoms. The van der Waals surface area contributed by atoms with Crippen molar-refractivity contribution >= 4 is 18.0 Å². The standard InChI is InChI=1S/C27H30N2O6/c30-25(29-23-11-5-10-21(23)26(31)32)24-13-12-16(35-24)14-28-27(33)34-15-22-19-8-3-1-6-17(19)18-7-2-4-9-20(18)22/h1-4,6-9,16,21-24H,5,10-15H2,(H,28,33)(H,29,30)(H,31,32)/t16?,21-,23+,24?/m0/s1. The Hall–Kier alpha value is -3.39. The topological polar surface area (TPSA) is 114 Å². The molecule has 2 aromatic rings. The molecule has 2 aromatic carbocycles. The highest BCUT2D eigenvalue weighted by molar-refractivity contribution is 5.82. The van der Waals surface area contributed by atoms with E-state index in [4.69, 9.17) is 9.47 Å². The molecule has 2 unspecified atom stereocenters. The zero-order valence-corrected chi connectivity index (χ0v) is 19.4. The maximum absolute atomic E-state index is 12.6. The lowest BCUT2D eigenvalue weighted by Crippen LogP contribution is -2.45. The normalized spacial score (nSPS) is 25.0. The number of ether oxygens (including phenoxy) is 2. The average molecular weight is 479 g/mol. The number of aliphatic carboxylic acids is 1. The molecule has 0 radical (unpaired) electrons. The van der Waals surface area contributed by atoms with Crippen molar-refractivity contribution in [2.75, 3.05) is 13.2 Å². The molecule has 184 valence electrons. The highest BCUT2D eigenvalue weighted by Gasteiger charge is 2.37. The third kappa shape index (κ3) is 4.89. The molecule has 2 amide bonds. The molecule has 3 N–H and O–H groups in total. The SMILES string of the molecule is O=C(NCC1CCC(C(=O)N[C@@H]2CCC[C@@H]2C(=O)O)O1)OCC1c2ccccc2-c2ccccc21. The van der Waals surface area contributed by atoms with E-state index >= 15 is 0 Å². The van der Waals surface area contributed by atoms with Crippen molar-refractivity contribution < 1.29 is 29.0 Å². The van der Waals surface area contributed by atoms with Gasteiger partial charge in [-0.05, 0) is 47.9 Å². The van der Waals surface area contributed by atoms with Crippen molar-refractivity contribution in [3.8, 4) is 11.1 Å². The Bertz CT molecular complexity index is 1070. The fourth-order valence-corrected chi connectivity index (χ4v) is 5.60. The lowest BCUT2D eigenvalue weighted by molar-refractivity contribution is -0.143. The monoisotopic (exact) mass is 478 g/mol. The Kier molecular flexibility index (Phi) is 6.72. The maximum Gasteiger partial charge on any atom is 0.407 e. The first-order valence-electron chi connectivity index (χ1n) is 12.3. The first-order valence-corrected chi connectivity index (χ1v) is 12.3. The maximum atomic E-state index is 12.6. The van der Waals surface area contributed by atoms with Crippen molar-refractivity contribution in [2.24, 2.45) is 5.92 Å². The van der Waals surface area contributed by atoms with E-state index in [0.29, 0.717) is 25.7 Å². The molecule has 3 aliphatic rings. The first kappa shape index (κ1) is 23.4. The number of nitrogens with one attached hydrogen (secondary N) is 2. The second-order valence-corrected chi connectivity index (χ2v) is 9.52. The molecule has 8 nitrogen and oxygen atoms in total. The summed E-state index contributed by atoms with van der Waals surface area (Å²) in [6, 6.07) is 16.0. The van der Waals surface area contributed by atoms with Crippen LogP contribution >= 0.6 is 0 Å². The summed E-state index contributed by atoms with van der Waals surface area (Å²) in [6.07, 6.45) is 1.78. The number of alkyl carbamates (subject to hydrolysis) is 1. The molecule has 2 aliphatic carbocycles. The van der Waals surface area contributed by atoms with Crippen molar-refractivity contribution in [3.05, 3.63) is 59.7 Å². The Morgan fingerprint density at radius 2 is 1.63 bits per heavy atom. The van der Waals surface area contributed by atoms with E-state index in [2.05, 4.69) is 34.9 Å². The summed E-state index contributed by atoms with van der Waals surface area (Å²) in [4.78, 5) is 36.3. The first-order chi connectivity index (χ1) is 17.0. The molecule has 0 aromatic heterocycles. The molecule has 1 saturated heterocycles. The van der Waals surface area contributed by atoms with Crippen molar-refractivity contribution in [1.82, 2.24) is 10.6 Å². The van der Waals surface area contributed by atoms with Gasteiger partial charge in [0.15, 0.2) is 0 Å². The number of carboxylic acids is 1. The molecule has 5 rings (SSSR count). The summed E-state index contributed by atoms with van der Waals surface area (Å²) in [6.45, 7) is 0.490. The van der Waals surface area contributed by atoms with E-state index in [0.717, 1.165) is 17.5 Å². The predicted octanol–water partition coefficient (Wildman–Crippen LogP) is 3.44. The van der Waals surface area contributed by atoms with Gasteiger partial charge < -0.3 is 25.2 Å². The van der Waals surface area contributed by atoms with Crippen LogP contribution in [0.1, 0.15) is 49.1 Å². The van der Waals surface area contributed by atoms with Crippen molar-refractivity contribution in [2.45, 2.75) is 56.3 Å². The summed E-state index contributed by atoms with van der Waals surface area (Å²) in [5.74, 6) is -1.68. The second-order valence-electron chi connectivity index (χ2n) is 9.52. The van der Waals surface area contributed by atoms with E-state index in [-0.39, 0.29) is 37.1 Å². The Labute approximate surface area is 204 Å². The molecule has 1 heterocycles. The van der Waals surface area contributed by atoms with E-state index < -0.39 is 24.1 Å². The van der Waals surface area contributed by atoms with Crippen LogP contribution in [-0.4, -0.2) is 54.5 Å². The molecule has 0 spiro atoms. The number of fused-ring (bicyclic) bond motifs is 3. The van der Waals surface area contributed by atoms with Crippen LogP contribution in [0.4, 0.5) is 4.79 Å². The predicted molar refractivity (Wildman–Crippen MR) is 128 cm³/mol. The highest BCUT2D eigenvalue weighted by Crippen LogP contribution is 2.44. The molecule has 1 saturated carbocycles. The molecular weight excluding hydrogens is 448 g/mol. The lowest BCUT2D eigenvalue weighted by atomic mass is 9.98. The number of carboxylic acid groups (broad SMARTS) is 1. The van der Waals surface area contributed by atoms with Crippen LogP contribution in [0, 0.1) is 5.92 Å². The minimum Gasteiger partial charge on any atom is -0.481 e. The largest absolute Gasteiger partial charge is 0.481 e. The minimum atomic E-state index is -0.870. The van der Waals surface area contributed by atoms with Crippen LogP contribution < -0.4 is 10.6 Å². The van der Waals surface area contributed by atoms with Gasteiger partial charge in [0, 0.05) is 18.5 Å². The van der Waals surface area contributed by atoms with Gasteiger partial charge in [0.25, 0.3) is 0 Å². The highest BCUT2D eigenvalue weighted by atomic mass is 16.5. The Morgan fingerprint density at radius 1 is 0.943 bits per heavy atom. The van der Waals surface area contributed by atoms with E-state index in [1.165, 1.54) is 11.1 Å². The van der Waals surface area contributed by atoms with Gasteiger partial charge in [-0.1, -0.05) is 55.0 Å². The molecule has 0 bridgehead atoms. The molecule has 2 fully saturated rings. The van der Waals surface area contributed by atoms with Crippen LogP contribution in [0.3, 0.4) is 0 Å². The van der Waals surface area contributed by atoms with Crippen LogP contribution in [-0.2, 0) is 19.1 Å². The van der Waals surface area contributed by atoms with Gasteiger partial charge in [0.2, 0.25) is 5.91 Å². The van der Waals surface area contributed by atoms with Crippen molar-refractivity contribution in [3.63, 3.8) is 0 Å². The molecule has 8 heteroatoms. The number of hydrogen-bond donors (Lipinski definition) is 3. The Balaban J connectivity index is 1.08. The number of hydrogen-bond acceptors (Lipinski definition) is 5. The zero-order valence-electron chi connectivity index (χ0n) is 19.4. The molecule has 1 aliphatic heterocycles. The summed E-state index contributed by atoms with van der Waals surface area (Å²) in [5, 5.41) is 14.9. The van der Waals surface area contributed by atoms with Crippen LogP contribution in [0.5, 0.6) is 0 Å². The fourth-order valence-electron chi connectivity index (χ4n) is 5.60. The van der Waals surface area contributed by atoms with Gasteiger partial charge in [-0.2, -0.15) is 0 Å². The average Bonchev–Trinajstić information content (AvgIpc) is 3.59. The fraction of sp³-hybridized carbons (Fsp3) is 0.444. The number of carbonyl (C=O) groups excluding carboxylic acids is 2. The van der Waals surface area contributed by atoms with Gasteiger partial charge in [-0.15, -0.1) is 0 Å². The number of rotatable bonds is 7. The van der Waals surface area contributed by atoms with Crippen LogP contribution in [0.25, 0.3) is 11.1 Å². The van der Waals surface area contributed by atoms with Crippen LogP contribution in [0.2, 0.25) is 0 Å². The van der Waals surface area contributed by atoms with Crippen molar-refractivity contribution in [1.29, 1.82) is 0 Å². The third-order valence-corrected chi connectivity index (χ3v) is 7.38.